The summed E-state index contributed by atoms with van der Waals surface area (Å²) in [4.78, 5) is 15.1. The van der Waals surface area contributed by atoms with Crippen LogP contribution in [0, 0.1) is 11.8 Å². The van der Waals surface area contributed by atoms with Crippen molar-refractivity contribution < 1.29 is 4.79 Å². The number of hydrogen-bond acceptors (Lipinski definition) is 3. The molecule has 1 N–H and O–H groups in total. The largest absolute Gasteiger partial charge is 0.352 e. The fourth-order valence-corrected chi connectivity index (χ4v) is 5.78. The molecule has 1 aromatic heterocycles. The summed E-state index contributed by atoms with van der Waals surface area (Å²) in [6.07, 6.45) is 4.82. The van der Waals surface area contributed by atoms with E-state index >= 15 is 0 Å². The lowest BCUT2D eigenvalue weighted by Crippen LogP contribution is -2.34. The second-order valence-electron chi connectivity index (χ2n) is 8.46. The number of hydrogen-bond donors (Lipinski definition) is 1. The Labute approximate surface area is 177 Å². The van der Waals surface area contributed by atoms with Crippen molar-refractivity contribution in [1.82, 2.24) is 10.2 Å². The molecule has 0 aliphatic heterocycles. The number of nitrogens with zero attached hydrogens (tertiary/aromatic N) is 1. The van der Waals surface area contributed by atoms with Crippen molar-refractivity contribution in [3.8, 4) is 0 Å². The number of carbonyl (C=O) groups excluding carboxylic acids is 1. The van der Waals surface area contributed by atoms with Crippen LogP contribution in [0.3, 0.4) is 0 Å². The average molecular weight is 407 g/mol. The van der Waals surface area contributed by atoms with Gasteiger partial charge in [0.25, 0.3) is 5.91 Å². The Morgan fingerprint density at radius 1 is 1.03 bits per heavy atom. The van der Waals surface area contributed by atoms with Crippen LogP contribution in [0.1, 0.15) is 47.6 Å². The zero-order valence-corrected chi connectivity index (χ0v) is 18.1. The standard InChI is InChI=1S/C25H30N2OS/c1-27(2)24(19-8-4-3-5-9-19)20-14-12-18(13-15-20)16-26-25(28)22-17-29-23-11-7-6-10-21(22)23/h3-11,17-18,20,24H,12-16H2,1-2H3,(H,26,28). The average Bonchev–Trinajstić information content (AvgIpc) is 3.18. The van der Waals surface area contributed by atoms with E-state index in [-0.39, 0.29) is 5.91 Å². The molecule has 0 bridgehead atoms. The van der Waals surface area contributed by atoms with E-state index in [4.69, 9.17) is 0 Å². The topological polar surface area (TPSA) is 32.3 Å². The first-order valence-electron chi connectivity index (χ1n) is 10.6. The summed E-state index contributed by atoms with van der Waals surface area (Å²) >= 11 is 1.64. The molecule has 1 aliphatic rings. The maximum atomic E-state index is 12.7. The number of nitrogens with one attached hydrogen (secondary N) is 1. The molecule has 1 unspecified atom stereocenters. The molecule has 1 amide bonds. The van der Waals surface area contributed by atoms with E-state index in [0.717, 1.165) is 17.5 Å². The van der Waals surface area contributed by atoms with Crippen molar-refractivity contribution in [3.63, 3.8) is 0 Å². The molecule has 4 heteroatoms. The van der Waals surface area contributed by atoms with Gasteiger partial charge in [0.15, 0.2) is 0 Å². The molecule has 1 aliphatic carbocycles. The van der Waals surface area contributed by atoms with E-state index in [2.05, 4.69) is 60.7 Å². The molecule has 3 aromatic rings. The van der Waals surface area contributed by atoms with Crippen molar-refractivity contribution in [2.24, 2.45) is 11.8 Å². The smallest absolute Gasteiger partial charge is 0.252 e. The molecule has 3 nitrogen and oxygen atoms in total. The van der Waals surface area contributed by atoms with Gasteiger partial charge in [0.1, 0.15) is 0 Å². The summed E-state index contributed by atoms with van der Waals surface area (Å²) in [6.45, 7) is 0.785. The van der Waals surface area contributed by atoms with Gasteiger partial charge in [-0.15, -0.1) is 11.3 Å². The lowest BCUT2D eigenvalue weighted by molar-refractivity contribution is 0.0936. The fraction of sp³-hybridized carbons (Fsp3) is 0.400. The van der Waals surface area contributed by atoms with Crippen molar-refractivity contribution in [2.45, 2.75) is 31.7 Å². The van der Waals surface area contributed by atoms with E-state index in [9.17, 15) is 4.79 Å². The van der Waals surface area contributed by atoms with Crippen molar-refractivity contribution >= 4 is 27.3 Å². The van der Waals surface area contributed by atoms with Gasteiger partial charge >= 0.3 is 0 Å². The van der Waals surface area contributed by atoms with Gasteiger partial charge in [-0.2, -0.15) is 0 Å². The lowest BCUT2D eigenvalue weighted by atomic mass is 9.76. The Balaban J connectivity index is 1.32. The molecule has 4 rings (SSSR count). The van der Waals surface area contributed by atoms with Crippen molar-refractivity contribution in [3.05, 3.63) is 71.1 Å². The van der Waals surface area contributed by atoms with Gasteiger partial charge in [0.05, 0.1) is 5.56 Å². The molecule has 1 atom stereocenters. The van der Waals surface area contributed by atoms with Gasteiger partial charge in [-0.3, -0.25) is 4.79 Å². The lowest BCUT2D eigenvalue weighted by Gasteiger charge is -2.37. The molecule has 1 heterocycles. The highest BCUT2D eigenvalue weighted by Crippen LogP contribution is 2.39. The number of carbonyl (C=O) groups is 1. The SMILES string of the molecule is CN(C)C(c1ccccc1)C1CCC(CNC(=O)c2csc3ccccc23)CC1. The minimum Gasteiger partial charge on any atom is -0.352 e. The molecule has 0 radical (unpaired) electrons. The summed E-state index contributed by atoms with van der Waals surface area (Å²) < 4.78 is 1.17. The molecule has 1 saturated carbocycles. The Morgan fingerprint density at radius 3 is 2.45 bits per heavy atom. The van der Waals surface area contributed by atoms with Crippen LogP contribution >= 0.6 is 11.3 Å². The van der Waals surface area contributed by atoms with Crippen LogP contribution in [0.5, 0.6) is 0 Å². The first-order valence-corrected chi connectivity index (χ1v) is 11.5. The normalized spacial score (nSPS) is 20.7. The summed E-state index contributed by atoms with van der Waals surface area (Å²) in [5.74, 6) is 1.33. The zero-order chi connectivity index (χ0) is 20.2. The first-order chi connectivity index (χ1) is 14.1. The Hall–Kier alpha value is -2.17. The van der Waals surface area contributed by atoms with Crippen LogP contribution in [-0.4, -0.2) is 31.4 Å². The minimum absolute atomic E-state index is 0.0695. The van der Waals surface area contributed by atoms with E-state index in [0.29, 0.717) is 17.9 Å². The summed E-state index contributed by atoms with van der Waals surface area (Å²) in [5.41, 5.74) is 2.23. The molecule has 2 aromatic carbocycles. The van der Waals surface area contributed by atoms with Gasteiger partial charge in [0.2, 0.25) is 0 Å². The second kappa shape index (κ2) is 9.10. The van der Waals surface area contributed by atoms with Crippen molar-refractivity contribution in [2.75, 3.05) is 20.6 Å². The molecule has 0 spiro atoms. The minimum atomic E-state index is 0.0695. The maximum absolute atomic E-state index is 12.7. The zero-order valence-electron chi connectivity index (χ0n) is 17.3. The maximum Gasteiger partial charge on any atom is 0.252 e. The quantitative estimate of drug-likeness (QED) is 0.566. The number of thiophene rings is 1. The van der Waals surface area contributed by atoms with Crippen LogP contribution < -0.4 is 5.32 Å². The number of amides is 1. The highest BCUT2D eigenvalue weighted by Gasteiger charge is 2.30. The van der Waals surface area contributed by atoms with Crippen molar-refractivity contribution in [1.29, 1.82) is 0 Å². The Kier molecular flexibility index (Phi) is 6.31. The van der Waals surface area contributed by atoms with Crippen LogP contribution in [0.4, 0.5) is 0 Å². The Morgan fingerprint density at radius 2 is 1.72 bits per heavy atom. The van der Waals surface area contributed by atoms with Gasteiger partial charge in [-0.25, -0.2) is 0 Å². The molecule has 152 valence electrons. The van der Waals surface area contributed by atoms with Gasteiger partial charge in [0, 0.05) is 28.1 Å². The monoisotopic (exact) mass is 406 g/mol. The van der Waals surface area contributed by atoms with Gasteiger partial charge in [-0.1, -0.05) is 48.5 Å². The number of fused-ring (bicyclic) bond motifs is 1. The van der Waals surface area contributed by atoms with Crippen LogP contribution in [-0.2, 0) is 0 Å². The van der Waals surface area contributed by atoms with Crippen LogP contribution in [0.15, 0.2) is 60.0 Å². The van der Waals surface area contributed by atoms with Gasteiger partial charge in [-0.05, 0) is 63.2 Å². The van der Waals surface area contributed by atoms with Crippen LogP contribution in [0.25, 0.3) is 10.1 Å². The van der Waals surface area contributed by atoms with Crippen LogP contribution in [0.2, 0.25) is 0 Å². The summed E-state index contributed by atoms with van der Waals surface area (Å²) in [6, 6.07) is 19.5. The van der Waals surface area contributed by atoms with E-state index in [1.54, 1.807) is 11.3 Å². The number of rotatable bonds is 6. The molecule has 0 saturated heterocycles. The predicted octanol–water partition coefficient (Wildman–Crippen LogP) is 5.74. The first kappa shape index (κ1) is 20.1. The molecular weight excluding hydrogens is 376 g/mol. The number of benzene rings is 2. The predicted molar refractivity (Wildman–Crippen MR) is 122 cm³/mol. The molecular formula is C25H30N2OS. The summed E-state index contributed by atoms with van der Waals surface area (Å²) in [5, 5.41) is 6.25. The van der Waals surface area contributed by atoms with Gasteiger partial charge < -0.3 is 10.2 Å². The van der Waals surface area contributed by atoms with E-state index in [1.807, 2.05) is 23.6 Å². The third-order valence-corrected chi connectivity index (χ3v) is 7.28. The second-order valence-corrected chi connectivity index (χ2v) is 9.37. The van der Waals surface area contributed by atoms with E-state index in [1.165, 1.54) is 35.9 Å². The fourth-order valence-electron chi connectivity index (χ4n) is 4.84. The molecule has 1 fully saturated rings. The third kappa shape index (κ3) is 4.54. The van der Waals surface area contributed by atoms with E-state index < -0.39 is 0 Å². The highest BCUT2D eigenvalue weighted by molar-refractivity contribution is 7.17. The Bertz CT molecular complexity index is 942. The summed E-state index contributed by atoms with van der Waals surface area (Å²) in [7, 11) is 4.38. The molecule has 29 heavy (non-hydrogen) atoms. The third-order valence-electron chi connectivity index (χ3n) is 6.31. The highest BCUT2D eigenvalue weighted by atomic mass is 32.1.